The summed E-state index contributed by atoms with van der Waals surface area (Å²) in [6, 6.07) is 1.46. The standard InChI is InChI=1S/C16H17Cl2FN2O/c17-13-2-1-4-16(18,7-13)22-15(11-3-5-20-8-11)12-6-14(19)10-21-9-12/h1-2,6-7,9-11,15,20H,3-5,8H2/t11-,15+,16?/m0/s1. The Labute approximate surface area is 139 Å². The van der Waals surface area contributed by atoms with Crippen molar-refractivity contribution in [2.24, 2.45) is 5.92 Å². The number of ether oxygens (including phenoxy) is 1. The Bertz CT molecular complexity index is 602. The number of allylic oxidation sites excluding steroid dienone is 2. The van der Waals surface area contributed by atoms with E-state index in [1.54, 1.807) is 18.3 Å². The molecule has 1 aliphatic carbocycles. The SMILES string of the molecule is Fc1cncc([C@H](OC2(Cl)C=C(Cl)C=CC2)[C@H]2CCNC2)c1. The van der Waals surface area contributed by atoms with Gasteiger partial charge >= 0.3 is 0 Å². The molecule has 2 aliphatic rings. The van der Waals surface area contributed by atoms with Crippen molar-refractivity contribution in [3.63, 3.8) is 0 Å². The van der Waals surface area contributed by atoms with Crippen LogP contribution in [0.4, 0.5) is 4.39 Å². The number of aromatic nitrogens is 1. The molecule has 3 rings (SSSR count). The summed E-state index contributed by atoms with van der Waals surface area (Å²) < 4.78 is 19.7. The van der Waals surface area contributed by atoms with Crippen molar-refractivity contribution < 1.29 is 9.13 Å². The highest BCUT2D eigenvalue weighted by molar-refractivity contribution is 6.33. The van der Waals surface area contributed by atoms with Crippen LogP contribution in [0.15, 0.2) is 41.7 Å². The van der Waals surface area contributed by atoms with Crippen LogP contribution < -0.4 is 5.32 Å². The first-order valence-electron chi connectivity index (χ1n) is 7.28. The third-order valence-corrected chi connectivity index (χ3v) is 4.52. The average Bonchev–Trinajstić information content (AvgIpc) is 2.98. The summed E-state index contributed by atoms with van der Waals surface area (Å²) in [4.78, 5) is 3.93. The Kier molecular flexibility index (Phi) is 4.83. The Morgan fingerprint density at radius 3 is 3.00 bits per heavy atom. The molecule has 0 saturated carbocycles. The van der Waals surface area contributed by atoms with Gasteiger partial charge in [0.2, 0.25) is 0 Å². The van der Waals surface area contributed by atoms with Crippen molar-refractivity contribution in [1.29, 1.82) is 0 Å². The molecular formula is C16H17Cl2FN2O. The number of pyridine rings is 1. The van der Waals surface area contributed by atoms with E-state index in [-0.39, 0.29) is 17.8 Å². The van der Waals surface area contributed by atoms with E-state index in [2.05, 4.69) is 10.3 Å². The monoisotopic (exact) mass is 342 g/mol. The Morgan fingerprint density at radius 2 is 2.32 bits per heavy atom. The van der Waals surface area contributed by atoms with E-state index in [0.717, 1.165) is 19.5 Å². The van der Waals surface area contributed by atoms with E-state index in [9.17, 15) is 4.39 Å². The molecule has 3 atom stereocenters. The summed E-state index contributed by atoms with van der Waals surface area (Å²) in [5.41, 5.74) is 0.702. The second kappa shape index (κ2) is 6.67. The number of alkyl halides is 1. The molecule has 0 bridgehead atoms. The molecule has 2 heterocycles. The predicted molar refractivity (Wildman–Crippen MR) is 85.3 cm³/mol. The van der Waals surface area contributed by atoms with Crippen LogP contribution in [0.5, 0.6) is 0 Å². The van der Waals surface area contributed by atoms with Gasteiger partial charge < -0.3 is 10.1 Å². The number of hydrogen-bond donors (Lipinski definition) is 1. The minimum absolute atomic E-state index is 0.220. The minimum Gasteiger partial charge on any atom is -0.347 e. The lowest BCUT2D eigenvalue weighted by Crippen LogP contribution is -2.31. The second-order valence-electron chi connectivity index (χ2n) is 5.65. The predicted octanol–water partition coefficient (Wildman–Crippen LogP) is 3.91. The zero-order chi connectivity index (χ0) is 15.6. The minimum atomic E-state index is -1.01. The normalized spacial score (nSPS) is 29.4. The molecule has 3 nitrogen and oxygen atoms in total. The number of nitrogens with zero attached hydrogens (tertiary/aromatic N) is 1. The smallest absolute Gasteiger partial charge is 0.166 e. The highest BCUT2D eigenvalue weighted by atomic mass is 35.5. The van der Waals surface area contributed by atoms with Gasteiger partial charge in [-0.1, -0.05) is 29.3 Å². The van der Waals surface area contributed by atoms with Gasteiger partial charge in [-0.15, -0.1) is 0 Å². The van der Waals surface area contributed by atoms with E-state index in [0.29, 0.717) is 17.0 Å². The van der Waals surface area contributed by atoms with E-state index < -0.39 is 5.06 Å². The van der Waals surface area contributed by atoms with Crippen LogP contribution in [0.2, 0.25) is 0 Å². The van der Waals surface area contributed by atoms with Gasteiger partial charge in [0, 0.05) is 35.7 Å². The number of hydrogen-bond acceptors (Lipinski definition) is 3. The lowest BCUT2D eigenvalue weighted by molar-refractivity contribution is -0.0419. The lowest BCUT2D eigenvalue weighted by Gasteiger charge is -2.33. The molecule has 6 heteroatoms. The molecule has 118 valence electrons. The molecular weight excluding hydrogens is 326 g/mol. The van der Waals surface area contributed by atoms with E-state index in [1.165, 1.54) is 12.3 Å². The first kappa shape index (κ1) is 15.9. The van der Waals surface area contributed by atoms with Crippen molar-refractivity contribution in [2.45, 2.75) is 24.0 Å². The van der Waals surface area contributed by atoms with Crippen molar-refractivity contribution in [3.05, 3.63) is 53.1 Å². The van der Waals surface area contributed by atoms with Crippen LogP contribution in [-0.2, 0) is 4.74 Å². The quantitative estimate of drug-likeness (QED) is 0.842. The Hall–Kier alpha value is -0.940. The molecule has 1 aromatic heterocycles. The summed E-state index contributed by atoms with van der Waals surface area (Å²) in [5, 5.41) is 2.84. The van der Waals surface area contributed by atoms with Gasteiger partial charge in [-0.2, -0.15) is 0 Å². The van der Waals surface area contributed by atoms with Crippen LogP contribution in [0.25, 0.3) is 0 Å². The fourth-order valence-electron chi connectivity index (χ4n) is 2.89. The number of halogens is 3. The van der Waals surface area contributed by atoms with Gasteiger partial charge in [0.05, 0.1) is 12.3 Å². The van der Waals surface area contributed by atoms with Crippen LogP contribution in [0.3, 0.4) is 0 Å². The Balaban J connectivity index is 1.87. The van der Waals surface area contributed by atoms with E-state index in [1.807, 2.05) is 6.08 Å². The molecule has 1 saturated heterocycles. The molecule has 0 spiro atoms. The van der Waals surface area contributed by atoms with Gasteiger partial charge in [0.25, 0.3) is 0 Å². The maximum Gasteiger partial charge on any atom is 0.166 e. The molecule has 0 aromatic carbocycles. The van der Waals surface area contributed by atoms with Crippen LogP contribution in [0.1, 0.15) is 24.5 Å². The van der Waals surface area contributed by atoms with Crippen molar-refractivity contribution in [3.8, 4) is 0 Å². The van der Waals surface area contributed by atoms with E-state index in [4.69, 9.17) is 27.9 Å². The second-order valence-corrected chi connectivity index (χ2v) is 6.73. The van der Waals surface area contributed by atoms with Gasteiger partial charge in [0.1, 0.15) is 5.82 Å². The zero-order valence-electron chi connectivity index (χ0n) is 11.9. The average molecular weight is 343 g/mol. The number of rotatable bonds is 4. The highest BCUT2D eigenvalue weighted by Gasteiger charge is 2.36. The molecule has 1 fully saturated rings. The van der Waals surface area contributed by atoms with Crippen LogP contribution >= 0.6 is 23.2 Å². The third kappa shape index (κ3) is 3.69. The van der Waals surface area contributed by atoms with Gasteiger partial charge in [-0.3, -0.25) is 4.98 Å². The van der Waals surface area contributed by atoms with Crippen molar-refractivity contribution >= 4 is 23.2 Å². The first-order chi connectivity index (χ1) is 10.6. The summed E-state index contributed by atoms with van der Waals surface area (Å²) >= 11 is 12.6. The van der Waals surface area contributed by atoms with Gasteiger partial charge in [0.15, 0.2) is 5.06 Å². The summed E-state index contributed by atoms with van der Waals surface area (Å²) in [6.45, 7) is 1.72. The van der Waals surface area contributed by atoms with Gasteiger partial charge in [-0.25, -0.2) is 4.39 Å². The molecule has 0 amide bonds. The van der Waals surface area contributed by atoms with Crippen molar-refractivity contribution in [2.75, 3.05) is 13.1 Å². The maximum atomic E-state index is 13.5. The number of nitrogens with one attached hydrogen (secondary N) is 1. The first-order valence-corrected chi connectivity index (χ1v) is 8.04. The van der Waals surface area contributed by atoms with Gasteiger partial charge in [-0.05, 0) is 31.2 Å². The molecule has 1 aromatic rings. The highest BCUT2D eigenvalue weighted by Crippen LogP contribution is 2.40. The Morgan fingerprint density at radius 1 is 1.45 bits per heavy atom. The molecule has 22 heavy (non-hydrogen) atoms. The van der Waals surface area contributed by atoms with E-state index >= 15 is 0 Å². The fourth-order valence-corrected chi connectivity index (χ4v) is 3.52. The lowest BCUT2D eigenvalue weighted by atomic mass is 9.95. The zero-order valence-corrected chi connectivity index (χ0v) is 13.4. The summed E-state index contributed by atoms with van der Waals surface area (Å²) in [5.74, 6) is -0.157. The largest absolute Gasteiger partial charge is 0.347 e. The fraction of sp³-hybridized carbons (Fsp3) is 0.438. The summed E-state index contributed by atoms with van der Waals surface area (Å²) in [6.07, 6.45) is 9.32. The summed E-state index contributed by atoms with van der Waals surface area (Å²) in [7, 11) is 0. The molecule has 0 radical (unpaired) electrons. The van der Waals surface area contributed by atoms with Crippen LogP contribution in [0, 0.1) is 11.7 Å². The molecule has 1 N–H and O–H groups in total. The molecule has 1 unspecified atom stereocenters. The van der Waals surface area contributed by atoms with Crippen LogP contribution in [-0.4, -0.2) is 23.1 Å². The van der Waals surface area contributed by atoms with Crippen molar-refractivity contribution in [1.82, 2.24) is 10.3 Å². The maximum absolute atomic E-state index is 13.5. The topological polar surface area (TPSA) is 34.1 Å². The molecule has 1 aliphatic heterocycles. The third-order valence-electron chi connectivity index (χ3n) is 3.93.